The zero-order valence-corrected chi connectivity index (χ0v) is 22.2. The average molecular weight is 501 g/mol. The molecule has 0 aromatic carbocycles. The molecule has 4 aromatic rings. The maximum Gasteiger partial charge on any atom is 0.332 e. The van der Waals surface area contributed by atoms with E-state index in [4.69, 9.17) is 5.10 Å². The quantitative estimate of drug-likeness (QED) is 0.389. The van der Waals surface area contributed by atoms with Crippen LogP contribution in [-0.2, 0) is 27.2 Å². The van der Waals surface area contributed by atoms with Crippen LogP contribution in [0.3, 0.4) is 0 Å². The largest absolute Gasteiger partial charge is 0.333 e. The predicted octanol–water partition coefficient (Wildman–Crippen LogP) is 4.56. The Balaban J connectivity index is 0.000000623. The van der Waals surface area contributed by atoms with Crippen molar-refractivity contribution in [3.05, 3.63) is 67.0 Å². The smallest absolute Gasteiger partial charge is 0.332 e. The third-order valence-electron chi connectivity index (χ3n) is 5.90. The Morgan fingerprint density at radius 2 is 1.89 bits per heavy atom. The van der Waals surface area contributed by atoms with Gasteiger partial charge in [0.05, 0.1) is 12.4 Å². The number of aryl methyl sites for hydroxylation is 2. The van der Waals surface area contributed by atoms with Crippen LogP contribution in [0, 0.1) is 19.8 Å². The van der Waals surface area contributed by atoms with Crippen molar-refractivity contribution < 1.29 is 4.39 Å². The molecule has 0 spiro atoms. The molecule has 0 atom stereocenters. The van der Waals surface area contributed by atoms with Crippen molar-refractivity contribution in [3.8, 4) is 11.5 Å². The molecule has 35 heavy (non-hydrogen) atoms. The minimum atomic E-state index is -0.350. The molecule has 4 heterocycles. The molecule has 0 amide bonds. The summed E-state index contributed by atoms with van der Waals surface area (Å²) in [6.07, 6.45) is 3.99. The zero-order chi connectivity index (χ0) is 26.0. The van der Waals surface area contributed by atoms with Crippen molar-refractivity contribution >= 4 is 22.4 Å². The summed E-state index contributed by atoms with van der Waals surface area (Å²) in [4.78, 5) is 31.8. The maximum atomic E-state index is 13.2. The van der Waals surface area contributed by atoms with Gasteiger partial charge in [0.25, 0.3) is 5.56 Å². The van der Waals surface area contributed by atoms with Gasteiger partial charge in [0.2, 0.25) is 0 Å². The summed E-state index contributed by atoms with van der Waals surface area (Å²) in [5, 5.41) is 7.34. The van der Waals surface area contributed by atoms with E-state index in [2.05, 4.69) is 30.8 Å². The van der Waals surface area contributed by atoms with E-state index in [9.17, 15) is 14.0 Å². The Labute approximate surface area is 208 Å². The molecule has 0 saturated heterocycles. The van der Waals surface area contributed by atoms with Crippen LogP contribution in [-0.4, -0.2) is 28.5 Å². The fourth-order valence-electron chi connectivity index (χ4n) is 3.71. The highest BCUT2D eigenvalue weighted by atomic mass is 32.1. The maximum absolute atomic E-state index is 13.2. The summed E-state index contributed by atoms with van der Waals surface area (Å²) < 4.78 is 17.7. The lowest BCUT2D eigenvalue weighted by molar-refractivity contribution is 0.498. The standard InChI is InChI=1S/C21H26N6O2S.C4H7F/c1-12(2)9-26-18-16(20(28)25(6)21(26)29)17(19-22-7-8-24(19)5)27(23-18)10-15-11-30-14(4)13(15)3;1-3-4(2)5/h7-8,11-12H,9-10H2,1-6H3;2-3H2,1H3. The van der Waals surface area contributed by atoms with Gasteiger partial charge in [-0.25, -0.2) is 14.2 Å². The number of halogens is 1. The topological polar surface area (TPSA) is 79.6 Å². The summed E-state index contributed by atoms with van der Waals surface area (Å²) in [6, 6.07) is 0. The van der Waals surface area contributed by atoms with Crippen LogP contribution in [0.4, 0.5) is 4.39 Å². The average Bonchev–Trinajstić information content (AvgIpc) is 3.48. The molecule has 0 bridgehead atoms. The Morgan fingerprint density at radius 3 is 2.37 bits per heavy atom. The molecule has 0 unspecified atom stereocenters. The van der Waals surface area contributed by atoms with Gasteiger partial charge in [-0.2, -0.15) is 5.10 Å². The lowest BCUT2D eigenvalue weighted by Gasteiger charge is -2.11. The molecule has 0 fully saturated rings. The first-order valence-corrected chi connectivity index (χ1v) is 12.4. The van der Waals surface area contributed by atoms with Crippen LogP contribution in [0.15, 0.2) is 39.8 Å². The van der Waals surface area contributed by atoms with E-state index in [-0.39, 0.29) is 23.0 Å². The molecule has 188 valence electrons. The van der Waals surface area contributed by atoms with Crippen molar-refractivity contribution in [3.63, 3.8) is 0 Å². The van der Waals surface area contributed by atoms with Crippen molar-refractivity contribution in [1.82, 2.24) is 28.5 Å². The van der Waals surface area contributed by atoms with Crippen LogP contribution in [0.5, 0.6) is 0 Å². The van der Waals surface area contributed by atoms with Gasteiger partial charge in [-0.15, -0.1) is 11.3 Å². The Kier molecular flexibility index (Phi) is 7.94. The highest BCUT2D eigenvalue weighted by Crippen LogP contribution is 2.28. The molecule has 0 aliphatic carbocycles. The monoisotopic (exact) mass is 500 g/mol. The van der Waals surface area contributed by atoms with E-state index in [1.165, 1.54) is 22.1 Å². The summed E-state index contributed by atoms with van der Waals surface area (Å²) in [7, 11) is 3.41. The van der Waals surface area contributed by atoms with Crippen LogP contribution in [0.1, 0.15) is 43.2 Å². The zero-order valence-electron chi connectivity index (χ0n) is 21.4. The number of allylic oxidation sites excluding steroid dienone is 1. The molecule has 4 aromatic heterocycles. The first-order valence-electron chi connectivity index (χ1n) is 11.5. The molecule has 4 rings (SSSR count). The number of imidazole rings is 1. The van der Waals surface area contributed by atoms with Gasteiger partial charge in [-0.05, 0) is 42.7 Å². The number of rotatable bonds is 6. The Morgan fingerprint density at radius 1 is 1.23 bits per heavy atom. The van der Waals surface area contributed by atoms with Crippen LogP contribution in [0.2, 0.25) is 0 Å². The molecular weight excluding hydrogens is 467 g/mol. The van der Waals surface area contributed by atoms with Gasteiger partial charge in [0, 0.05) is 37.9 Å². The second-order valence-electron chi connectivity index (χ2n) is 9.03. The fraction of sp³-hybridized carbons (Fsp3) is 0.440. The molecule has 8 nitrogen and oxygen atoms in total. The van der Waals surface area contributed by atoms with Crippen molar-refractivity contribution in [2.75, 3.05) is 0 Å². The van der Waals surface area contributed by atoms with Gasteiger partial charge in [-0.1, -0.05) is 27.4 Å². The lowest BCUT2D eigenvalue weighted by atomic mass is 10.2. The number of nitrogens with zero attached hydrogens (tertiary/aromatic N) is 6. The number of hydrogen-bond acceptors (Lipinski definition) is 5. The molecule has 0 aliphatic rings. The minimum Gasteiger partial charge on any atom is -0.333 e. The highest BCUT2D eigenvalue weighted by Gasteiger charge is 2.25. The normalized spacial score (nSPS) is 11.2. The van der Waals surface area contributed by atoms with Crippen molar-refractivity contribution in [2.45, 2.75) is 54.1 Å². The van der Waals surface area contributed by atoms with Crippen LogP contribution >= 0.6 is 11.3 Å². The third kappa shape index (κ3) is 5.22. The van der Waals surface area contributed by atoms with Gasteiger partial charge in [0.15, 0.2) is 11.5 Å². The van der Waals surface area contributed by atoms with Crippen molar-refractivity contribution in [1.29, 1.82) is 0 Å². The van der Waals surface area contributed by atoms with Gasteiger partial charge >= 0.3 is 5.69 Å². The summed E-state index contributed by atoms with van der Waals surface area (Å²) >= 11 is 1.70. The molecule has 0 saturated carbocycles. The van der Waals surface area contributed by atoms with Gasteiger partial charge < -0.3 is 4.57 Å². The lowest BCUT2D eigenvalue weighted by Crippen LogP contribution is -2.38. The van der Waals surface area contributed by atoms with Gasteiger partial charge in [0.1, 0.15) is 11.1 Å². The molecular formula is C25H33FN6O2S. The van der Waals surface area contributed by atoms with E-state index in [0.29, 0.717) is 42.1 Å². The number of hydrogen-bond donors (Lipinski definition) is 0. The molecule has 10 heteroatoms. The predicted molar refractivity (Wildman–Crippen MR) is 140 cm³/mol. The molecule has 0 N–H and O–H groups in total. The fourth-order valence-corrected chi connectivity index (χ4v) is 4.58. The SMILES string of the molecule is C=C(F)CC.Cc1scc(Cn2nc3c(c2-c2nccn2C)c(=O)n(C)c(=O)n3CC(C)C)c1C. The van der Waals surface area contributed by atoms with Crippen LogP contribution in [0.25, 0.3) is 22.6 Å². The van der Waals surface area contributed by atoms with E-state index in [1.807, 2.05) is 36.3 Å². The van der Waals surface area contributed by atoms with E-state index in [0.717, 1.165) is 5.56 Å². The Hall–Kier alpha value is -3.27. The number of fused-ring (bicyclic) bond motifs is 1. The number of thiophene rings is 1. The summed E-state index contributed by atoms with van der Waals surface area (Å²) in [5.74, 6) is 0.630. The second-order valence-corrected chi connectivity index (χ2v) is 10.1. The second kappa shape index (κ2) is 10.6. The number of aromatic nitrogens is 6. The van der Waals surface area contributed by atoms with E-state index < -0.39 is 0 Å². The first-order chi connectivity index (χ1) is 16.5. The van der Waals surface area contributed by atoms with Gasteiger partial charge in [-0.3, -0.25) is 18.6 Å². The molecule has 0 aliphatic heterocycles. The summed E-state index contributed by atoms with van der Waals surface area (Å²) in [6.45, 7) is 14.0. The Bertz CT molecular complexity index is 1480. The van der Waals surface area contributed by atoms with E-state index >= 15 is 0 Å². The first kappa shape index (κ1) is 26.3. The molecule has 0 radical (unpaired) electrons. The van der Waals surface area contributed by atoms with Crippen LogP contribution < -0.4 is 11.2 Å². The van der Waals surface area contributed by atoms with Crippen molar-refractivity contribution in [2.24, 2.45) is 20.0 Å². The highest BCUT2D eigenvalue weighted by molar-refractivity contribution is 7.10. The minimum absolute atomic E-state index is 0.229. The summed E-state index contributed by atoms with van der Waals surface area (Å²) in [5.41, 5.74) is 2.73. The third-order valence-corrected chi connectivity index (χ3v) is 6.96. The van der Waals surface area contributed by atoms with E-state index in [1.54, 1.807) is 29.0 Å².